The highest BCUT2D eigenvalue weighted by atomic mass is 16.5. The van der Waals surface area contributed by atoms with Crippen LogP contribution in [0.3, 0.4) is 0 Å². The fourth-order valence-electron chi connectivity index (χ4n) is 1.91. The Morgan fingerprint density at radius 3 is 2.50 bits per heavy atom. The van der Waals surface area contributed by atoms with Crippen LogP contribution in [0.25, 0.3) is 0 Å². The zero-order valence-corrected chi connectivity index (χ0v) is 13.0. The van der Waals surface area contributed by atoms with Gasteiger partial charge in [-0.15, -0.1) is 0 Å². The third kappa shape index (κ3) is 6.16. The first-order valence-corrected chi connectivity index (χ1v) is 6.80. The van der Waals surface area contributed by atoms with E-state index >= 15 is 0 Å². The van der Waals surface area contributed by atoms with Crippen LogP contribution in [-0.4, -0.2) is 41.9 Å². The van der Waals surface area contributed by atoms with Crippen molar-refractivity contribution in [3.8, 4) is 0 Å². The number of methoxy groups -OCH3 is 1. The van der Waals surface area contributed by atoms with Gasteiger partial charge in [-0.05, 0) is 11.8 Å². The normalized spacial score (nSPS) is 13.1. The summed E-state index contributed by atoms with van der Waals surface area (Å²) in [5.74, 6) is 2.01. The number of anilines is 2. The summed E-state index contributed by atoms with van der Waals surface area (Å²) in [5.41, 5.74) is 0.101. The predicted molar refractivity (Wildman–Crippen MR) is 80.9 cm³/mol. The molecule has 0 aliphatic heterocycles. The van der Waals surface area contributed by atoms with E-state index in [0.29, 0.717) is 24.8 Å². The minimum Gasteiger partial charge on any atom is -0.391 e. The summed E-state index contributed by atoms with van der Waals surface area (Å²) < 4.78 is 5.04. The number of hydrogen-bond acceptors (Lipinski definition) is 6. The molecule has 1 rings (SSSR count). The molecule has 1 unspecified atom stereocenters. The molecular weight excluding hydrogens is 256 g/mol. The van der Waals surface area contributed by atoms with Crippen molar-refractivity contribution in [2.24, 2.45) is 5.41 Å². The molecule has 114 valence electrons. The number of rotatable bonds is 7. The number of aliphatic hydroxyl groups is 1. The SMILES string of the molecule is CNc1cc(NCC(O)CC(C)(C)C)nc(COC)n1. The second-order valence-corrected chi connectivity index (χ2v) is 6.04. The molecule has 0 spiro atoms. The second-order valence-electron chi connectivity index (χ2n) is 6.04. The standard InChI is InChI=1S/C14H26N4O2/c1-14(2,3)7-10(19)8-16-12-6-11(15-4)17-13(18-12)9-20-5/h6,10,19H,7-9H2,1-5H3,(H2,15,16,17,18). The molecule has 1 aromatic rings. The van der Waals surface area contributed by atoms with E-state index in [4.69, 9.17) is 4.74 Å². The smallest absolute Gasteiger partial charge is 0.158 e. The molecule has 0 aromatic carbocycles. The third-order valence-corrected chi connectivity index (χ3v) is 2.67. The van der Waals surface area contributed by atoms with E-state index in [1.807, 2.05) is 6.07 Å². The van der Waals surface area contributed by atoms with E-state index in [1.165, 1.54) is 0 Å². The molecule has 0 aliphatic rings. The fourth-order valence-corrected chi connectivity index (χ4v) is 1.91. The Hall–Kier alpha value is -1.40. The van der Waals surface area contributed by atoms with Crippen LogP contribution in [0.2, 0.25) is 0 Å². The van der Waals surface area contributed by atoms with Crippen LogP contribution in [0.15, 0.2) is 6.07 Å². The van der Waals surface area contributed by atoms with Crippen LogP contribution < -0.4 is 10.6 Å². The number of nitrogens with one attached hydrogen (secondary N) is 2. The van der Waals surface area contributed by atoms with Gasteiger partial charge in [0, 0.05) is 26.8 Å². The quantitative estimate of drug-likeness (QED) is 0.708. The van der Waals surface area contributed by atoms with Crippen molar-refractivity contribution in [2.75, 3.05) is 31.3 Å². The average Bonchev–Trinajstić information content (AvgIpc) is 2.34. The Kier molecular flexibility index (Phi) is 6.16. The van der Waals surface area contributed by atoms with E-state index in [2.05, 4.69) is 41.4 Å². The van der Waals surface area contributed by atoms with Gasteiger partial charge in [0.05, 0.1) is 6.10 Å². The molecular formula is C14H26N4O2. The first-order chi connectivity index (χ1) is 9.34. The number of aromatic nitrogens is 2. The van der Waals surface area contributed by atoms with Crippen LogP contribution in [0.4, 0.5) is 11.6 Å². The molecule has 6 heteroatoms. The molecule has 3 N–H and O–H groups in total. The first kappa shape index (κ1) is 16.7. The maximum Gasteiger partial charge on any atom is 0.158 e. The number of hydrogen-bond donors (Lipinski definition) is 3. The molecule has 1 aromatic heterocycles. The van der Waals surface area contributed by atoms with Crippen LogP contribution in [0, 0.1) is 5.41 Å². The van der Waals surface area contributed by atoms with Crippen LogP contribution in [-0.2, 0) is 11.3 Å². The van der Waals surface area contributed by atoms with Gasteiger partial charge in [0.15, 0.2) is 5.82 Å². The third-order valence-electron chi connectivity index (χ3n) is 2.67. The van der Waals surface area contributed by atoms with Crippen molar-refractivity contribution in [1.29, 1.82) is 0 Å². The molecule has 0 saturated carbocycles. The molecule has 0 radical (unpaired) electrons. The summed E-state index contributed by atoms with van der Waals surface area (Å²) in [5, 5.41) is 16.1. The van der Waals surface area contributed by atoms with E-state index in [0.717, 1.165) is 12.2 Å². The van der Waals surface area contributed by atoms with Crippen molar-refractivity contribution < 1.29 is 9.84 Å². The van der Waals surface area contributed by atoms with E-state index in [1.54, 1.807) is 14.2 Å². The van der Waals surface area contributed by atoms with E-state index < -0.39 is 6.10 Å². The maximum absolute atomic E-state index is 10.00. The van der Waals surface area contributed by atoms with Gasteiger partial charge >= 0.3 is 0 Å². The largest absolute Gasteiger partial charge is 0.391 e. The van der Waals surface area contributed by atoms with E-state index in [9.17, 15) is 5.11 Å². The van der Waals surface area contributed by atoms with Crippen LogP contribution in [0.1, 0.15) is 33.0 Å². The van der Waals surface area contributed by atoms with E-state index in [-0.39, 0.29) is 5.41 Å². The second kappa shape index (κ2) is 7.40. The molecule has 20 heavy (non-hydrogen) atoms. The molecule has 0 fully saturated rings. The highest BCUT2D eigenvalue weighted by Crippen LogP contribution is 2.21. The van der Waals surface area contributed by atoms with Gasteiger partial charge in [0.1, 0.15) is 18.2 Å². The minimum atomic E-state index is -0.408. The fraction of sp³-hybridized carbons (Fsp3) is 0.714. The van der Waals surface area contributed by atoms with Gasteiger partial charge in [-0.3, -0.25) is 0 Å². The lowest BCUT2D eigenvalue weighted by Gasteiger charge is -2.22. The number of nitrogens with zero attached hydrogens (tertiary/aromatic N) is 2. The van der Waals surface area contributed by atoms with Gasteiger partial charge < -0.3 is 20.5 Å². The van der Waals surface area contributed by atoms with Crippen molar-refractivity contribution >= 4 is 11.6 Å². The lowest BCUT2D eigenvalue weighted by molar-refractivity contribution is 0.132. The minimum absolute atomic E-state index is 0.101. The maximum atomic E-state index is 10.00. The van der Waals surface area contributed by atoms with Crippen molar-refractivity contribution in [1.82, 2.24) is 9.97 Å². The Labute approximate surface area is 121 Å². The molecule has 1 heterocycles. The summed E-state index contributed by atoms with van der Waals surface area (Å²) in [6.07, 6.45) is 0.323. The summed E-state index contributed by atoms with van der Waals surface area (Å²) >= 11 is 0. The van der Waals surface area contributed by atoms with Gasteiger partial charge in [0.25, 0.3) is 0 Å². The van der Waals surface area contributed by atoms with Crippen LogP contribution >= 0.6 is 0 Å². The van der Waals surface area contributed by atoms with Crippen molar-refractivity contribution in [3.63, 3.8) is 0 Å². The Balaban J connectivity index is 2.64. The summed E-state index contributed by atoms with van der Waals surface area (Å²) in [7, 11) is 3.41. The van der Waals surface area contributed by atoms with Gasteiger partial charge in [-0.25, -0.2) is 9.97 Å². The molecule has 0 aliphatic carbocycles. The van der Waals surface area contributed by atoms with Gasteiger partial charge in [0.2, 0.25) is 0 Å². The predicted octanol–water partition coefficient (Wildman–Crippen LogP) is 1.87. The monoisotopic (exact) mass is 282 g/mol. The molecule has 0 bridgehead atoms. The van der Waals surface area contributed by atoms with Gasteiger partial charge in [-0.1, -0.05) is 20.8 Å². The lowest BCUT2D eigenvalue weighted by Crippen LogP contribution is -2.25. The number of aliphatic hydroxyl groups excluding tert-OH is 1. The zero-order chi connectivity index (χ0) is 15.2. The Morgan fingerprint density at radius 1 is 1.30 bits per heavy atom. The van der Waals surface area contributed by atoms with Gasteiger partial charge in [-0.2, -0.15) is 0 Å². The molecule has 0 amide bonds. The Morgan fingerprint density at radius 2 is 1.95 bits per heavy atom. The van der Waals surface area contributed by atoms with Crippen molar-refractivity contribution in [3.05, 3.63) is 11.9 Å². The zero-order valence-electron chi connectivity index (χ0n) is 13.0. The molecule has 6 nitrogen and oxygen atoms in total. The number of ether oxygens (including phenoxy) is 1. The first-order valence-electron chi connectivity index (χ1n) is 6.80. The summed E-state index contributed by atoms with van der Waals surface area (Å²) in [6, 6.07) is 1.81. The summed E-state index contributed by atoms with van der Waals surface area (Å²) in [4.78, 5) is 8.62. The summed E-state index contributed by atoms with van der Waals surface area (Å²) in [6.45, 7) is 7.14. The van der Waals surface area contributed by atoms with Crippen LogP contribution in [0.5, 0.6) is 0 Å². The molecule has 0 saturated heterocycles. The Bertz CT molecular complexity index is 418. The topological polar surface area (TPSA) is 79.3 Å². The highest BCUT2D eigenvalue weighted by molar-refractivity contribution is 5.47. The van der Waals surface area contributed by atoms with Crippen molar-refractivity contribution in [2.45, 2.75) is 39.9 Å². The average molecular weight is 282 g/mol. The highest BCUT2D eigenvalue weighted by Gasteiger charge is 2.16. The molecule has 1 atom stereocenters. The lowest BCUT2D eigenvalue weighted by atomic mass is 9.89.